The quantitative estimate of drug-likeness (QED) is 0.790. The molecule has 7 nitrogen and oxygen atoms in total. The molecule has 1 aliphatic rings. The van der Waals surface area contributed by atoms with E-state index in [2.05, 4.69) is 15.3 Å². The first-order valence-corrected chi connectivity index (χ1v) is 8.69. The molecule has 1 aromatic carbocycles. The van der Waals surface area contributed by atoms with Gasteiger partial charge in [-0.1, -0.05) is 11.6 Å². The monoisotopic (exact) mass is 382 g/mol. The van der Waals surface area contributed by atoms with Gasteiger partial charge >= 0.3 is 0 Å². The molecule has 1 N–H and O–H groups in total. The molecule has 2 aromatic rings. The lowest BCUT2D eigenvalue weighted by Crippen LogP contribution is -2.41. The van der Waals surface area contributed by atoms with Gasteiger partial charge in [0.15, 0.2) is 6.73 Å². The number of ether oxygens (including phenoxy) is 2. The third kappa shape index (κ3) is 5.17. The van der Waals surface area contributed by atoms with Crippen molar-refractivity contribution in [3.63, 3.8) is 0 Å². The van der Waals surface area contributed by atoms with Gasteiger partial charge in [0.2, 0.25) is 0 Å². The molecule has 1 amide bonds. The largest absolute Gasteiger partial charge is 0.471 e. The zero-order valence-corrected chi connectivity index (χ0v) is 14.9. The molecule has 9 heteroatoms. The average molecular weight is 383 g/mol. The molecule has 1 saturated heterocycles. The molecule has 0 bridgehead atoms. The molecular formula is C17H20ClFN4O3. The van der Waals surface area contributed by atoms with E-state index in [-0.39, 0.29) is 17.7 Å². The molecule has 0 unspecified atom stereocenters. The van der Waals surface area contributed by atoms with Crippen molar-refractivity contribution < 1.29 is 18.7 Å². The summed E-state index contributed by atoms with van der Waals surface area (Å²) in [6, 6.07) is 5.71. The van der Waals surface area contributed by atoms with Crippen molar-refractivity contribution in [3.05, 3.63) is 47.0 Å². The van der Waals surface area contributed by atoms with Crippen LogP contribution in [0.3, 0.4) is 0 Å². The Bertz CT molecular complexity index is 749. The minimum absolute atomic E-state index is 0.0108. The first-order valence-electron chi connectivity index (χ1n) is 8.31. The third-order valence-corrected chi connectivity index (χ3v) is 4.23. The van der Waals surface area contributed by atoms with Crippen LogP contribution in [0, 0.1) is 5.82 Å². The minimum atomic E-state index is -0.505. The van der Waals surface area contributed by atoms with Crippen LogP contribution >= 0.6 is 11.6 Å². The number of aromatic nitrogens is 2. The Morgan fingerprint density at radius 2 is 2.15 bits per heavy atom. The highest BCUT2D eigenvalue weighted by molar-refractivity contribution is 6.30. The number of nitrogens with zero attached hydrogens (tertiary/aromatic N) is 3. The van der Waals surface area contributed by atoms with Crippen LogP contribution in [0.4, 0.5) is 4.39 Å². The predicted octanol–water partition coefficient (Wildman–Crippen LogP) is 1.77. The maximum atomic E-state index is 13.1. The second-order valence-corrected chi connectivity index (χ2v) is 6.21. The second-order valence-electron chi connectivity index (χ2n) is 5.80. The Hall–Kier alpha value is -2.16. The standard InChI is InChI=1S/C17H20ClFN4O3/c18-14-11-13(1-2-15(14)19)26-12-23-5-3-16(21-23)17(24)20-4-6-22-7-9-25-10-8-22/h1-3,5,11H,4,6-10,12H2,(H,20,24). The summed E-state index contributed by atoms with van der Waals surface area (Å²) < 4.78 is 25.4. The number of carbonyl (C=O) groups excluding carboxylic acids is 1. The van der Waals surface area contributed by atoms with Gasteiger partial charge in [0, 0.05) is 38.4 Å². The molecule has 1 fully saturated rings. The summed E-state index contributed by atoms with van der Waals surface area (Å²) in [7, 11) is 0. The zero-order chi connectivity index (χ0) is 18.4. The van der Waals surface area contributed by atoms with E-state index in [4.69, 9.17) is 21.1 Å². The van der Waals surface area contributed by atoms with E-state index in [1.807, 2.05) is 0 Å². The van der Waals surface area contributed by atoms with Crippen molar-refractivity contribution >= 4 is 17.5 Å². The molecule has 0 radical (unpaired) electrons. The van der Waals surface area contributed by atoms with Crippen molar-refractivity contribution in [1.29, 1.82) is 0 Å². The molecule has 0 atom stereocenters. The molecular weight excluding hydrogens is 363 g/mol. The Labute approximate surface area is 155 Å². The number of benzene rings is 1. The molecule has 0 saturated carbocycles. The van der Waals surface area contributed by atoms with E-state index < -0.39 is 5.82 Å². The summed E-state index contributed by atoms with van der Waals surface area (Å²) in [6.45, 7) is 4.66. The minimum Gasteiger partial charge on any atom is -0.471 e. The Balaban J connectivity index is 1.44. The van der Waals surface area contributed by atoms with E-state index in [0.29, 0.717) is 18.0 Å². The number of hydrogen-bond donors (Lipinski definition) is 1. The summed E-state index contributed by atoms with van der Waals surface area (Å²) in [4.78, 5) is 14.4. The van der Waals surface area contributed by atoms with Crippen molar-refractivity contribution in [2.75, 3.05) is 39.4 Å². The van der Waals surface area contributed by atoms with Gasteiger partial charge in [0.1, 0.15) is 17.3 Å². The summed E-state index contributed by atoms with van der Waals surface area (Å²) in [5, 5.41) is 7.01. The van der Waals surface area contributed by atoms with Gasteiger partial charge in [-0.2, -0.15) is 5.10 Å². The van der Waals surface area contributed by atoms with Gasteiger partial charge < -0.3 is 14.8 Å². The van der Waals surface area contributed by atoms with Gasteiger partial charge in [-0.15, -0.1) is 0 Å². The van der Waals surface area contributed by atoms with Gasteiger partial charge in [0.25, 0.3) is 5.91 Å². The summed E-state index contributed by atoms with van der Waals surface area (Å²) in [6.07, 6.45) is 1.64. The van der Waals surface area contributed by atoms with Crippen LogP contribution in [0.15, 0.2) is 30.5 Å². The second kappa shape index (κ2) is 8.98. The maximum Gasteiger partial charge on any atom is 0.271 e. The highest BCUT2D eigenvalue weighted by atomic mass is 35.5. The first-order chi connectivity index (χ1) is 12.6. The molecule has 0 aliphatic carbocycles. The lowest BCUT2D eigenvalue weighted by molar-refractivity contribution is 0.0383. The molecule has 3 rings (SSSR count). The van der Waals surface area contributed by atoms with Crippen LogP contribution in [-0.2, 0) is 11.5 Å². The smallest absolute Gasteiger partial charge is 0.271 e. The molecule has 1 aliphatic heterocycles. The number of amides is 1. The lowest BCUT2D eigenvalue weighted by Gasteiger charge is -2.26. The number of rotatable bonds is 7. The SMILES string of the molecule is O=C(NCCN1CCOCC1)c1ccn(COc2ccc(F)c(Cl)c2)n1. The summed E-state index contributed by atoms with van der Waals surface area (Å²) in [5.74, 6) is -0.320. The predicted molar refractivity (Wildman–Crippen MR) is 93.9 cm³/mol. The molecule has 140 valence electrons. The Kier molecular flexibility index (Phi) is 6.43. The number of nitrogens with one attached hydrogen (secondary N) is 1. The van der Waals surface area contributed by atoms with E-state index in [0.717, 1.165) is 32.8 Å². The van der Waals surface area contributed by atoms with E-state index in [1.165, 1.54) is 22.9 Å². The van der Waals surface area contributed by atoms with E-state index in [1.54, 1.807) is 12.3 Å². The van der Waals surface area contributed by atoms with Crippen molar-refractivity contribution in [3.8, 4) is 5.75 Å². The Morgan fingerprint density at radius 3 is 2.92 bits per heavy atom. The number of hydrogen-bond acceptors (Lipinski definition) is 5. The average Bonchev–Trinajstić information content (AvgIpc) is 3.13. The molecule has 1 aromatic heterocycles. The van der Waals surface area contributed by atoms with Crippen LogP contribution in [0.1, 0.15) is 10.5 Å². The van der Waals surface area contributed by atoms with Crippen molar-refractivity contribution in [2.45, 2.75) is 6.73 Å². The first kappa shape index (κ1) is 18.6. The Morgan fingerprint density at radius 1 is 1.35 bits per heavy atom. The zero-order valence-electron chi connectivity index (χ0n) is 14.2. The van der Waals surface area contributed by atoms with E-state index >= 15 is 0 Å². The van der Waals surface area contributed by atoms with Crippen LogP contribution in [0.2, 0.25) is 5.02 Å². The highest BCUT2D eigenvalue weighted by Crippen LogP contribution is 2.21. The fourth-order valence-electron chi connectivity index (χ4n) is 2.50. The fourth-order valence-corrected chi connectivity index (χ4v) is 2.68. The fraction of sp³-hybridized carbons (Fsp3) is 0.412. The van der Waals surface area contributed by atoms with Crippen LogP contribution in [0.25, 0.3) is 0 Å². The molecule has 26 heavy (non-hydrogen) atoms. The maximum absolute atomic E-state index is 13.1. The summed E-state index contributed by atoms with van der Waals surface area (Å²) in [5.41, 5.74) is 0.313. The lowest BCUT2D eigenvalue weighted by atomic mass is 10.3. The molecule has 0 spiro atoms. The van der Waals surface area contributed by atoms with Crippen LogP contribution in [0.5, 0.6) is 5.75 Å². The van der Waals surface area contributed by atoms with Crippen LogP contribution in [-0.4, -0.2) is 60.0 Å². The van der Waals surface area contributed by atoms with Gasteiger partial charge in [0.05, 0.1) is 18.2 Å². The van der Waals surface area contributed by atoms with Gasteiger partial charge in [-0.25, -0.2) is 9.07 Å². The normalized spacial score (nSPS) is 15.0. The topological polar surface area (TPSA) is 68.6 Å². The van der Waals surface area contributed by atoms with Gasteiger partial charge in [-0.3, -0.25) is 9.69 Å². The number of morpholine rings is 1. The van der Waals surface area contributed by atoms with Crippen molar-refractivity contribution in [2.24, 2.45) is 0 Å². The van der Waals surface area contributed by atoms with Gasteiger partial charge in [-0.05, 0) is 18.2 Å². The highest BCUT2D eigenvalue weighted by Gasteiger charge is 2.12. The summed E-state index contributed by atoms with van der Waals surface area (Å²) >= 11 is 5.71. The number of carbonyl (C=O) groups is 1. The molecule has 2 heterocycles. The van der Waals surface area contributed by atoms with Crippen LogP contribution < -0.4 is 10.1 Å². The number of halogens is 2. The van der Waals surface area contributed by atoms with E-state index in [9.17, 15) is 9.18 Å². The third-order valence-electron chi connectivity index (χ3n) is 3.95. The van der Waals surface area contributed by atoms with Crippen molar-refractivity contribution in [1.82, 2.24) is 20.0 Å².